The minimum Gasteiger partial charge on any atom is -0.333 e. The van der Waals surface area contributed by atoms with Crippen LogP contribution >= 0.6 is 0 Å². The summed E-state index contributed by atoms with van der Waals surface area (Å²) < 4.78 is 2.01. The average Bonchev–Trinajstić information content (AvgIpc) is 3.15. The number of carbonyl (C=O) groups is 2. The van der Waals surface area contributed by atoms with Gasteiger partial charge in [-0.05, 0) is 12.8 Å². The summed E-state index contributed by atoms with van der Waals surface area (Å²) in [7, 11) is 0. The standard InChI is InChI=1S/C14H19N3O2/c1-9(2)14(19)17-6-5-16-7-11(15-12(16)8-17)13(18)10-3-4-10/h7,9-10H,3-6,8H2,1-2H3. The third-order valence-electron chi connectivity index (χ3n) is 3.81. The SMILES string of the molecule is CC(C)C(=O)N1CCn2cc(C(=O)C3CC3)nc2C1. The van der Waals surface area contributed by atoms with Crippen LogP contribution < -0.4 is 0 Å². The number of Topliss-reactive ketones (excluding diaryl/α,β-unsaturated/α-hetero) is 1. The summed E-state index contributed by atoms with van der Waals surface area (Å²) in [5.74, 6) is 1.37. The Morgan fingerprint density at radius 1 is 1.32 bits per heavy atom. The van der Waals surface area contributed by atoms with Crippen molar-refractivity contribution in [3.8, 4) is 0 Å². The number of amides is 1. The second-order valence-corrected chi connectivity index (χ2v) is 5.79. The van der Waals surface area contributed by atoms with Crippen LogP contribution in [0.1, 0.15) is 43.0 Å². The summed E-state index contributed by atoms with van der Waals surface area (Å²) in [5.41, 5.74) is 0.580. The van der Waals surface area contributed by atoms with E-state index in [0.29, 0.717) is 18.8 Å². The molecule has 0 saturated heterocycles. The molecule has 0 radical (unpaired) electrons. The van der Waals surface area contributed by atoms with E-state index in [1.165, 1.54) is 0 Å². The van der Waals surface area contributed by atoms with Crippen LogP contribution in [0.5, 0.6) is 0 Å². The van der Waals surface area contributed by atoms with E-state index in [-0.39, 0.29) is 23.5 Å². The van der Waals surface area contributed by atoms with Crippen molar-refractivity contribution < 1.29 is 9.59 Å². The molecule has 5 heteroatoms. The molecule has 1 saturated carbocycles. The maximum atomic E-state index is 12.0. The zero-order valence-electron chi connectivity index (χ0n) is 11.4. The van der Waals surface area contributed by atoms with Crippen molar-refractivity contribution in [3.05, 3.63) is 17.7 Å². The fraction of sp³-hybridized carbons (Fsp3) is 0.643. The van der Waals surface area contributed by atoms with E-state index >= 15 is 0 Å². The maximum Gasteiger partial charge on any atom is 0.225 e. The van der Waals surface area contributed by atoms with Gasteiger partial charge in [0.2, 0.25) is 5.91 Å². The zero-order valence-corrected chi connectivity index (χ0v) is 11.4. The Hall–Kier alpha value is -1.65. The smallest absolute Gasteiger partial charge is 0.225 e. The summed E-state index contributed by atoms with van der Waals surface area (Å²) in [4.78, 5) is 30.2. The van der Waals surface area contributed by atoms with Gasteiger partial charge < -0.3 is 9.47 Å². The van der Waals surface area contributed by atoms with Crippen LogP contribution in [0.25, 0.3) is 0 Å². The quantitative estimate of drug-likeness (QED) is 0.774. The van der Waals surface area contributed by atoms with Gasteiger partial charge in [-0.3, -0.25) is 9.59 Å². The van der Waals surface area contributed by atoms with Crippen LogP contribution in [-0.4, -0.2) is 32.7 Å². The minimum absolute atomic E-state index is 0.00841. The van der Waals surface area contributed by atoms with E-state index < -0.39 is 0 Å². The van der Waals surface area contributed by atoms with Crippen molar-refractivity contribution in [1.29, 1.82) is 0 Å². The number of aromatic nitrogens is 2. The lowest BCUT2D eigenvalue weighted by Crippen LogP contribution is -2.40. The zero-order chi connectivity index (χ0) is 13.6. The second-order valence-electron chi connectivity index (χ2n) is 5.79. The summed E-state index contributed by atoms with van der Waals surface area (Å²) in [5, 5.41) is 0. The molecule has 0 N–H and O–H groups in total. The molecule has 0 bridgehead atoms. The third-order valence-corrected chi connectivity index (χ3v) is 3.81. The highest BCUT2D eigenvalue weighted by Gasteiger charge is 2.33. The fourth-order valence-corrected chi connectivity index (χ4v) is 2.48. The Labute approximate surface area is 112 Å². The Morgan fingerprint density at radius 2 is 2.05 bits per heavy atom. The summed E-state index contributed by atoms with van der Waals surface area (Å²) in [6.07, 6.45) is 3.85. The number of carbonyl (C=O) groups excluding carboxylic acids is 2. The van der Waals surface area contributed by atoms with E-state index in [4.69, 9.17) is 0 Å². The molecular formula is C14H19N3O2. The number of ketones is 1. The lowest BCUT2D eigenvalue weighted by atomic mass is 10.2. The minimum atomic E-state index is 0.00841. The maximum absolute atomic E-state index is 12.0. The molecule has 102 valence electrons. The van der Waals surface area contributed by atoms with Gasteiger partial charge in [0.15, 0.2) is 5.78 Å². The van der Waals surface area contributed by atoms with Gasteiger partial charge in [0, 0.05) is 31.1 Å². The Morgan fingerprint density at radius 3 is 2.68 bits per heavy atom. The number of nitrogens with zero attached hydrogens (tertiary/aromatic N) is 3. The Bertz CT molecular complexity index is 529. The molecule has 1 fully saturated rings. The molecule has 1 aliphatic heterocycles. The summed E-state index contributed by atoms with van der Waals surface area (Å²) in [6.45, 7) is 5.78. The first kappa shape index (κ1) is 12.4. The molecule has 2 aliphatic rings. The molecule has 5 nitrogen and oxygen atoms in total. The van der Waals surface area contributed by atoms with Crippen LogP contribution in [0.4, 0.5) is 0 Å². The van der Waals surface area contributed by atoms with E-state index in [2.05, 4.69) is 4.98 Å². The van der Waals surface area contributed by atoms with Gasteiger partial charge in [0.1, 0.15) is 11.5 Å². The molecule has 1 amide bonds. The number of fused-ring (bicyclic) bond motifs is 1. The number of rotatable bonds is 3. The highest BCUT2D eigenvalue weighted by molar-refractivity contribution is 5.97. The van der Waals surface area contributed by atoms with Gasteiger partial charge >= 0.3 is 0 Å². The van der Waals surface area contributed by atoms with Crippen molar-refractivity contribution >= 4 is 11.7 Å². The molecule has 3 rings (SSSR count). The van der Waals surface area contributed by atoms with Gasteiger partial charge in [0.05, 0.1) is 6.54 Å². The van der Waals surface area contributed by atoms with Gasteiger partial charge in [-0.2, -0.15) is 0 Å². The predicted molar refractivity (Wildman–Crippen MR) is 69.5 cm³/mol. The first-order valence-electron chi connectivity index (χ1n) is 6.95. The van der Waals surface area contributed by atoms with E-state index in [1.54, 1.807) is 0 Å². The third kappa shape index (κ3) is 2.29. The Kier molecular flexibility index (Phi) is 2.92. The van der Waals surface area contributed by atoms with Crippen LogP contribution in [0.2, 0.25) is 0 Å². The fourth-order valence-electron chi connectivity index (χ4n) is 2.48. The van der Waals surface area contributed by atoms with Crippen molar-refractivity contribution in [2.24, 2.45) is 11.8 Å². The molecular weight excluding hydrogens is 242 g/mol. The van der Waals surface area contributed by atoms with Gasteiger partial charge in [-0.15, -0.1) is 0 Å². The normalized spacial score (nSPS) is 18.6. The van der Waals surface area contributed by atoms with Gasteiger partial charge in [-0.25, -0.2) is 4.98 Å². The van der Waals surface area contributed by atoms with Crippen molar-refractivity contribution in [3.63, 3.8) is 0 Å². The number of imidazole rings is 1. The molecule has 1 aromatic rings. The molecule has 1 aliphatic carbocycles. The molecule has 19 heavy (non-hydrogen) atoms. The topological polar surface area (TPSA) is 55.2 Å². The van der Waals surface area contributed by atoms with Crippen LogP contribution in [0.3, 0.4) is 0 Å². The van der Waals surface area contributed by atoms with E-state index in [9.17, 15) is 9.59 Å². The lowest BCUT2D eigenvalue weighted by molar-refractivity contribution is -0.136. The lowest BCUT2D eigenvalue weighted by Gasteiger charge is -2.28. The van der Waals surface area contributed by atoms with E-state index in [0.717, 1.165) is 25.2 Å². The van der Waals surface area contributed by atoms with Crippen LogP contribution in [-0.2, 0) is 17.9 Å². The van der Waals surface area contributed by atoms with Gasteiger partial charge in [-0.1, -0.05) is 13.8 Å². The molecule has 0 spiro atoms. The molecule has 0 unspecified atom stereocenters. The first-order chi connectivity index (χ1) is 9.06. The highest BCUT2D eigenvalue weighted by atomic mass is 16.2. The van der Waals surface area contributed by atoms with Crippen molar-refractivity contribution in [2.45, 2.75) is 39.8 Å². The summed E-state index contributed by atoms with van der Waals surface area (Å²) in [6, 6.07) is 0. The molecule has 2 heterocycles. The second kappa shape index (κ2) is 4.47. The molecule has 0 atom stereocenters. The number of hydrogen-bond donors (Lipinski definition) is 0. The average molecular weight is 261 g/mol. The largest absolute Gasteiger partial charge is 0.333 e. The number of hydrogen-bond acceptors (Lipinski definition) is 3. The highest BCUT2D eigenvalue weighted by Crippen LogP contribution is 2.32. The van der Waals surface area contributed by atoms with E-state index in [1.807, 2.05) is 29.5 Å². The predicted octanol–water partition coefficient (Wildman–Crippen LogP) is 1.47. The molecule has 1 aromatic heterocycles. The van der Waals surface area contributed by atoms with Gasteiger partial charge in [0.25, 0.3) is 0 Å². The monoisotopic (exact) mass is 261 g/mol. The van der Waals surface area contributed by atoms with Crippen molar-refractivity contribution in [1.82, 2.24) is 14.5 Å². The Balaban J connectivity index is 1.77. The van der Waals surface area contributed by atoms with Crippen LogP contribution in [0, 0.1) is 11.8 Å². The first-order valence-corrected chi connectivity index (χ1v) is 6.95. The summed E-state index contributed by atoms with van der Waals surface area (Å²) >= 11 is 0. The molecule has 0 aromatic carbocycles. The van der Waals surface area contributed by atoms with Crippen LogP contribution in [0.15, 0.2) is 6.20 Å². The van der Waals surface area contributed by atoms with Crippen molar-refractivity contribution in [2.75, 3.05) is 6.54 Å².